The van der Waals surface area contributed by atoms with Crippen LogP contribution in [0.15, 0.2) is 54.6 Å². The van der Waals surface area contributed by atoms with Gasteiger partial charge in [0.25, 0.3) is 0 Å². The van der Waals surface area contributed by atoms with Crippen molar-refractivity contribution < 1.29 is 18.3 Å². The Hall–Kier alpha value is -2.12. The minimum atomic E-state index is -4.43. The predicted octanol–water partition coefficient (Wildman–Crippen LogP) is 3.13. The number of rotatable bonds is 4. The van der Waals surface area contributed by atoms with Crippen LogP contribution in [0.25, 0.3) is 0 Å². The van der Waals surface area contributed by atoms with E-state index in [2.05, 4.69) is 5.32 Å². The molecule has 1 aliphatic rings. The Balaban J connectivity index is 2.21. The van der Waals surface area contributed by atoms with Crippen LogP contribution in [0.4, 0.5) is 13.2 Å². The van der Waals surface area contributed by atoms with Crippen molar-refractivity contribution in [1.29, 1.82) is 0 Å². The summed E-state index contributed by atoms with van der Waals surface area (Å²) in [4.78, 5) is 1.76. The molecule has 0 radical (unpaired) electrons. The maximum atomic E-state index is 13.2. The van der Waals surface area contributed by atoms with Crippen LogP contribution in [0.3, 0.4) is 0 Å². The molecule has 1 aliphatic heterocycles. The molecule has 1 heterocycles. The van der Waals surface area contributed by atoms with Crippen LogP contribution in [0.1, 0.15) is 16.7 Å². The van der Waals surface area contributed by atoms with E-state index in [1.807, 2.05) is 30.3 Å². The zero-order valence-corrected chi connectivity index (χ0v) is 14.1. The fourth-order valence-electron chi connectivity index (χ4n) is 3.31. The topological polar surface area (TPSA) is 35.5 Å². The fraction of sp³-hybridized carbons (Fsp3) is 0.278. The molecule has 7 heteroatoms. The Labute approximate surface area is 149 Å². The van der Waals surface area contributed by atoms with Crippen LogP contribution in [0.2, 0.25) is 0 Å². The Morgan fingerprint density at radius 2 is 1.76 bits per heavy atom. The molecule has 0 aromatic heterocycles. The molecule has 0 spiro atoms. The smallest absolute Gasteiger partial charge is 0.395 e. The SMILES string of the molecule is OCCN1C(=S)NCC1(c1ccccc1)c1cccc(C(F)(F)F)c1. The first-order valence-electron chi connectivity index (χ1n) is 7.79. The molecular formula is C18H17F3N2OS. The van der Waals surface area contributed by atoms with E-state index in [4.69, 9.17) is 12.2 Å². The van der Waals surface area contributed by atoms with Crippen LogP contribution < -0.4 is 5.32 Å². The maximum absolute atomic E-state index is 13.2. The first-order chi connectivity index (χ1) is 11.9. The number of benzene rings is 2. The van der Waals surface area contributed by atoms with Gasteiger partial charge in [0, 0.05) is 13.1 Å². The van der Waals surface area contributed by atoms with Crippen LogP contribution in [0, 0.1) is 0 Å². The van der Waals surface area contributed by atoms with E-state index >= 15 is 0 Å². The summed E-state index contributed by atoms with van der Waals surface area (Å²) in [7, 11) is 0. The van der Waals surface area contributed by atoms with Gasteiger partial charge in [0.05, 0.1) is 12.2 Å². The average Bonchev–Trinajstić information content (AvgIpc) is 2.93. The lowest BCUT2D eigenvalue weighted by molar-refractivity contribution is -0.137. The van der Waals surface area contributed by atoms with Gasteiger partial charge in [0.15, 0.2) is 5.11 Å². The van der Waals surface area contributed by atoms with Crippen molar-refractivity contribution in [3.05, 3.63) is 71.3 Å². The quantitative estimate of drug-likeness (QED) is 0.815. The third kappa shape index (κ3) is 3.09. The number of thiocarbonyl (C=S) groups is 1. The Bertz CT molecular complexity index is 766. The van der Waals surface area contributed by atoms with Gasteiger partial charge >= 0.3 is 6.18 Å². The summed E-state index contributed by atoms with van der Waals surface area (Å²) < 4.78 is 39.6. The summed E-state index contributed by atoms with van der Waals surface area (Å²) >= 11 is 5.34. The fourth-order valence-corrected chi connectivity index (χ4v) is 3.63. The van der Waals surface area contributed by atoms with E-state index in [0.29, 0.717) is 17.2 Å². The van der Waals surface area contributed by atoms with Crippen molar-refractivity contribution in [3.63, 3.8) is 0 Å². The zero-order chi connectivity index (χ0) is 18.1. The highest BCUT2D eigenvalue weighted by Crippen LogP contribution is 2.40. The standard InChI is InChI=1S/C18H17F3N2OS/c19-18(20,21)15-8-4-7-14(11-15)17(13-5-2-1-3-6-13)12-22-16(25)23(17)9-10-24/h1-8,11,24H,9-10,12H2,(H,22,25). The monoisotopic (exact) mass is 366 g/mol. The van der Waals surface area contributed by atoms with Crippen molar-refractivity contribution in [2.24, 2.45) is 0 Å². The highest BCUT2D eigenvalue weighted by molar-refractivity contribution is 7.80. The van der Waals surface area contributed by atoms with Crippen molar-refractivity contribution in [2.75, 3.05) is 19.7 Å². The lowest BCUT2D eigenvalue weighted by atomic mass is 9.81. The summed E-state index contributed by atoms with van der Waals surface area (Å²) in [5.74, 6) is 0. The summed E-state index contributed by atoms with van der Waals surface area (Å²) in [6, 6.07) is 14.5. The number of nitrogens with zero attached hydrogens (tertiary/aromatic N) is 1. The van der Waals surface area contributed by atoms with Gasteiger partial charge in [-0.15, -0.1) is 0 Å². The van der Waals surface area contributed by atoms with E-state index in [0.717, 1.165) is 17.7 Å². The first-order valence-corrected chi connectivity index (χ1v) is 8.20. The third-order valence-corrected chi connectivity index (χ3v) is 4.81. The van der Waals surface area contributed by atoms with E-state index in [1.165, 1.54) is 6.07 Å². The van der Waals surface area contributed by atoms with E-state index in [-0.39, 0.29) is 13.2 Å². The molecule has 3 rings (SSSR count). The number of nitrogens with one attached hydrogen (secondary N) is 1. The second-order valence-electron chi connectivity index (χ2n) is 5.84. The average molecular weight is 366 g/mol. The van der Waals surface area contributed by atoms with Crippen LogP contribution in [-0.2, 0) is 11.7 Å². The number of halogens is 3. The Morgan fingerprint density at radius 3 is 2.40 bits per heavy atom. The Morgan fingerprint density at radius 1 is 1.08 bits per heavy atom. The minimum Gasteiger partial charge on any atom is -0.395 e. The molecule has 0 amide bonds. The lowest BCUT2D eigenvalue weighted by Gasteiger charge is -2.39. The second-order valence-corrected chi connectivity index (χ2v) is 6.23. The van der Waals surface area contributed by atoms with E-state index in [1.54, 1.807) is 11.0 Å². The molecule has 0 aliphatic carbocycles. The molecule has 1 atom stereocenters. The van der Waals surface area contributed by atoms with E-state index in [9.17, 15) is 18.3 Å². The van der Waals surface area contributed by atoms with Gasteiger partial charge in [0.2, 0.25) is 0 Å². The van der Waals surface area contributed by atoms with Gasteiger partial charge in [-0.1, -0.05) is 42.5 Å². The summed E-state index contributed by atoms with van der Waals surface area (Å²) in [5, 5.41) is 12.9. The number of β-amino-alcohol motifs (C(OH)–C–C–N with tert-alkyl or cyclic N) is 1. The third-order valence-electron chi connectivity index (χ3n) is 4.44. The number of aliphatic hydroxyl groups is 1. The molecular weight excluding hydrogens is 349 g/mol. The first kappa shape index (κ1) is 17.7. The van der Waals surface area contributed by atoms with Gasteiger partial charge in [-0.2, -0.15) is 13.2 Å². The van der Waals surface area contributed by atoms with Gasteiger partial charge in [-0.25, -0.2) is 0 Å². The number of hydrogen-bond donors (Lipinski definition) is 2. The van der Waals surface area contributed by atoms with Crippen molar-refractivity contribution in [1.82, 2.24) is 10.2 Å². The predicted molar refractivity (Wildman–Crippen MR) is 93.1 cm³/mol. The van der Waals surface area contributed by atoms with Crippen LogP contribution in [-0.4, -0.2) is 34.8 Å². The number of hydrogen-bond acceptors (Lipinski definition) is 2. The normalized spacial score (nSPS) is 20.6. The molecule has 25 heavy (non-hydrogen) atoms. The molecule has 132 valence electrons. The summed E-state index contributed by atoms with van der Waals surface area (Å²) in [5.41, 5.74) is -0.311. The maximum Gasteiger partial charge on any atom is 0.416 e. The molecule has 0 bridgehead atoms. The van der Waals surface area contributed by atoms with Crippen molar-refractivity contribution in [3.8, 4) is 0 Å². The number of alkyl halides is 3. The number of aliphatic hydroxyl groups excluding tert-OH is 1. The molecule has 2 aromatic carbocycles. The van der Waals surface area contributed by atoms with Crippen molar-refractivity contribution >= 4 is 17.3 Å². The van der Waals surface area contributed by atoms with Crippen molar-refractivity contribution in [2.45, 2.75) is 11.7 Å². The highest BCUT2D eigenvalue weighted by Gasteiger charge is 2.46. The lowest BCUT2D eigenvalue weighted by Crippen LogP contribution is -2.47. The van der Waals surface area contributed by atoms with Gasteiger partial charge in [-0.05, 0) is 35.5 Å². The van der Waals surface area contributed by atoms with Crippen LogP contribution in [0.5, 0.6) is 0 Å². The molecule has 2 N–H and O–H groups in total. The second kappa shape index (κ2) is 6.65. The van der Waals surface area contributed by atoms with E-state index < -0.39 is 17.3 Å². The molecule has 1 saturated heterocycles. The van der Waals surface area contributed by atoms with Gasteiger partial charge in [0.1, 0.15) is 5.54 Å². The van der Waals surface area contributed by atoms with Crippen LogP contribution >= 0.6 is 12.2 Å². The molecule has 2 aromatic rings. The highest BCUT2D eigenvalue weighted by atomic mass is 32.1. The Kier molecular flexibility index (Phi) is 4.71. The molecule has 0 saturated carbocycles. The molecule has 3 nitrogen and oxygen atoms in total. The largest absolute Gasteiger partial charge is 0.416 e. The molecule has 1 fully saturated rings. The van der Waals surface area contributed by atoms with Gasteiger partial charge in [-0.3, -0.25) is 0 Å². The van der Waals surface area contributed by atoms with Gasteiger partial charge < -0.3 is 15.3 Å². The minimum absolute atomic E-state index is 0.157. The summed E-state index contributed by atoms with van der Waals surface area (Å²) in [6.07, 6.45) is -4.43. The molecule has 1 unspecified atom stereocenters. The summed E-state index contributed by atoms with van der Waals surface area (Å²) in [6.45, 7) is 0.392. The zero-order valence-electron chi connectivity index (χ0n) is 13.3.